The van der Waals surface area contributed by atoms with Gasteiger partial charge in [0.05, 0.1) is 24.7 Å². The summed E-state index contributed by atoms with van der Waals surface area (Å²) in [7, 11) is -2.30. The van der Waals surface area contributed by atoms with Crippen molar-refractivity contribution in [3.05, 3.63) is 29.8 Å². The van der Waals surface area contributed by atoms with Gasteiger partial charge in [0.15, 0.2) is 6.10 Å². The number of aliphatic carboxylic acids is 1. The Hall–Kier alpha value is -2.01. The Bertz CT molecular complexity index is 735. The number of hydrogen-bond donors (Lipinski definition) is 2. The maximum atomic E-state index is 12.5. The Kier molecular flexibility index (Phi) is 6.48. The van der Waals surface area contributed by atoms with E-state index in [0.29, 0.717) is 0 Å². The lowest BCUT2D eigenvalue weighted by Crippen LogP contribution is -2.48. The summed E-state index contributed by atoms with van der Waals surface area (Å²) in [5.41, 5.74) is 0.167. The van der Waals surface area contributed by atoms with Gasteiger partial charge in [-0.15, -0.1) is 0 Å². The van der Waals surface area contributed by atoms with E-state index in [1.807, 2.05) is 0 Å². The SMILES string of the molecule is COCCNS(=O)(=O)c1cccc(C(=O)N2CCOC(C(=O)O)C2)c1. The van der Waals surface area contributed by atoms with Crippen LogP contribution in [0.2, 0.25) is 0 Å². The van der Waals surface area contributed by atoms with Gasteiger partial charge in [-0.25, -0.2) is 17.9 Å². The molecule has 0 radical (unpaired) electrons. The third-order valence-electron chi connectivity index (χ3n) is 3.62. The lowest BCUT2D eigenvalue weighted by atomic mass is 10.1. The number of carbonyl (C=O) groups excluding carboxylic acids is 1. The van der Waals surface area contributed by atoms with E-state index in [2.05, 4.69) is 4.72 Å². The fraction of sp³-hybridized carbons (Fsp3) is 0.467. The van der Waals surface area contributed by atoms with Crippen LogP contribution in [0.25, 0.3) is 0 Å². The molecule has 2 rings (SSSR count). The van der Waals surface area contributed by atoms with Crippen LogP contribution in [-0.4, -0.2) is 76.4 Å². The molecule has 138 valence electrons. The molecule has 1 aromatic rings. The topological polar surface area (TPSA) is 122 Å². The summed E-state index contributed by atoms with van der Waals surface area (Å²) >= 11 is 0. The van der Waals surface area contributed by atoms with Gasteiger partial charge in [0.25, 0.3) is 5.91 Å². The van der Waals surface area contributed by atoms with Gasteiger partial charge >= 0.3 is 5.97 Å². The molecule has 1 aliphatic heterocycles. The first-order chi connectivity index (χ1) is 11.8. The number of ether oxygens (including phenoxy) is 2. The maximum Gasteiger partial charge on any atom is 0.334 e. The number of methoxy groups -OCH3 is 1. The molecule has 0 bridgehead atoms. The molecule has 1 fully saturated rings. The van der Waals surface area contributed by atoms with Crippen molar-refractivity contribution in [3.8, 4) is 0 Å². The fourth-order valence-electron chi connectivity index (χ4n) is 2.32. The van der Waals surface area contributed by atoms with E-state index >= 15 is 0 Å². The Morgan fingerprint density at radius 1 is 1.44 bits per heavy atom. The standard InChI is InChI=1S/C15H20N2O7S/c1-23-7-5-16-25(21,22)12-4-2-3-11(9-12)14(18)17-6-8-24-13(10-17)15(19)20/h2-4,9,13,16H,5-8,10H2,1H3,(H,19,20). The number of carboxylic acid groups (broad SMARTS) is 1. The van der Waals surface area contributed by atoms with Crippen LogP contribution in [0.1, 0.15) is 10.4 Å². The maximum absolute atomic E-state index is 12.5. The van der Waals surface area contributed by atoms with Gasteiger partial charge in [0.2, 0.25) is 10.0 Å². The molecule has 1 atom stereocenters. The number of carbonyl (C=O) groups is 2. The predicted molar refractivity (Wildman–Crippen MR) is 86.8 cm³/mol. The molecular formula is C15H20N2O7S. The number of carboxylic acids is 1. The summed E-state index contributed by atoms with van der Waals surface area (Å²) < 4.78 is 36.7. The number of nitrogens with one attached hydrogen (secondary N) is 1. The van der Waals surface area contributed by atoms with E-state index in [0.717, 1.165) is 0 Å². The zero-order chi connectivity index (χ0) is 18.4. The third-order valence-corrected chi connectivity index (χ3v) is 5.08. The van der Waals surface area contributed by atoms with Gasteiger partial charge < -0.3 is 19.5 Å². The summed E-state index contributed by atoms with van der Waals surface area (Å²) in [6.45, 7) is 0.602. The minimum Gasteiger partial charge on any atom is -0.479 e. The first kappa shape index (κ1) is 19.3. The van der Waals surface area contributed by atoms with Gasteiger partial charge in [-0.1, -0.05) is 6.07 Å². The fourth-order valence-corrected chi connectivity index (χ4v) is 3.38. The number of hydrogen-bond acceptors (Lipinski definition) is 6. The highest BCUT2D eigenvalue weighted by Gasteiger charge is 2.29. The molecule has 1 amide bonds. The van der Waals surface area contributed by atoms with Gasteiger partial charge in [-0.2, -0.15) is 0 Å². The molecule has 9 nitrogen and oxygen atoms in total. The molecule has 1 heterocycles. The van der Waals surface area contributed by atoms with E-state index in [1.165, 1.54) is 36.3 Å². The third kappa shape index (κ3) is 4.98. The van der Waals surface area contributed by atoms with E-state index < -0.39 is 28.0 Å². The molecule has 0 spiro atoms. The molecule has 1 aromatic carbocycles. The second kappa shape index (κ2) is 8.39. The van der Waals surface area contributed by atoms with Crippen molar-refractivity contribution < 1.29 is 32.6 Å². The number of rotatable bonds is 7. The lowest BCUT2D eigenvalue weighted by molar-refractivity contribution is -0.154. The number of nitrogens with zero attached hydrogens (tertiary/aromatic N) is 1. The zero-order valence-corrected chi connectivity index (χ0v) is 14.5. The molecule has 10 heteroatoms. The van der Waals surface area contributed by atoms with Gasteiger partial charge in [-0.3, -0.25) is 4.79 Å². The van der Waals surface area contributed by atoms with E-state index in [9.17, 15) is 18.0 Å². The van der Waals surface area contributed by atoms with Crippen LogP contribution >= 0.6 is 0 Å². The summed E-state index contributed by atoms with van der Waals surface area (Å²) in [4.78, 5) is 24.9. The number of benzene rings is 1. The average Bonchev–Trinajstić information content (AvgIpc) is 2.61. The van der Waals surface area contributed by atoms with Crippen LogP contribution < -0.4 is 4.72 Å². The Morgan fingerprint density at radius 3 is 2.88 bits per heavy atom. The highest BCUT2D eigenvalue weighted by atomic mass is 32.2. The molecule has 2 N–H and O–H groups in total. The monoisotopic (exact) mass is 372 g/mol. The molecule has 1 aliphatic rings. The molecule has 0 aliphatic carbocycles. The van der Waals surface area contributed by atoms with Crippen LogP contribution in [0.15, 0.2) is 29.2 Å². The van der Waals surface area contributed by atoms with Crippen molar-refractivity contribution in [2.75, 3.05) is 40.0 Å². The summed E-state index contributed by atoms with van der Waals surface area (Å²) in [5, 5.41) is 9.00. The van der Waals surface area contributed by atoms with Crippen molar-refractivity contribution in [3.63, 3.8) is 0 Å². The van der Waals surface area contributed by atoms with Crippen molar-refractivity contribution in [2.24, 2.45) is 0 Å². The second-order valence-electron chi connectivity index (χ2n) is 5.37. The molecule has 0 saturated carbocycles. The zero-order valence-electron chi connectivity index (χ0n) is 13.7. The smallest absolute Gasteiger partial charge is 0.334 e. The number of amides is 1. The van der Waals surface area contributed by atoms with Gasteiger partial charge in [-0.05, 0) is 18.2 Å². The molecule has 1 unspecified atom stereocenters. The first-order valence-electron chi connectivity index (χ1n) is 7.57. The normalized spacial score (nSPS) is 18.1. The highest BCUT2D eigenvalue weighted by molar-refractivity contribution is 7.89. The number of morpholine rings is 1. The quantitative estimate of drug-likeness (QED) is 0.621. The molecule has 1 saturated heterocycles. The molecule has 25 heavy (non-hydrogen) atoms. The molecule has 0 aromatic heterocycles. The van der Waals surface area contributed by atoms with Crippen LogP contribution in [0.4, 0.5) is 0 Å². The molecular weight excluding hydrogens is 352 g/mol. The Labute approximate surface area is 145 Å². The van der Waals surface area contributed by atoms with Gasteiger partial charge in [0.1, 0.15) is 0 Å². The summed E-state index contributed by atoms with van der Waals surface area (Å²) in [5.74, 6) is -1.58. The van der Waals surface area contributed by atoms with E-state index in [1.54, 1.807) is 0 Å². The Morgan fingerprint density at radius 2 is 2.20 bits per heavy atom. The lowest BCUT2D eigenvalue weighted by Gasteiger charge is -2.31. The second-order valence-corrected chi connectivity index (χ2v) is 7.13. The van der Waals surface area contributed by atoms with E-state index in [4.69, 9.17) is 14.6 Å². The van der Waals surface area contributed by atoms with Crippen molar-refractivity contribution in [1.82, 2.24) is 9.62 Å². The van der Waals surface area contributed by atoms with Crippen LogP contribution in [0.3, 0.4) is 0 Å². The minimum absolute atomic E-state index is 0.0440. The first-order valence-corrected chi connectivity index (χ1v) is 9.06. The Balaban J connectivity index is 2.15. The summed E-state index contributed by atoms with van der Waals surface area (Å²) in [6, 6.07) is 5.60. The van der Waals surface area contributed by atoms with Crippen molar-refractivity contribution >= 4 is 21.9 Å². The minimum atomic E-state index is -3.76. The largest absolute Gasteiger partial charge is 0.479 e. The predicted octanol–water partition coefficient (Wildman–Crippen LogP) is -0.463. The average molecular weight is 372 g/mol. The number of sulfonamides is 1. The summed E-state index contributed by atoms with van der Waals surface area (Å²) in [6.07, 6.45) is -1.08. The van der Waals surface area contributed by atoms with Crippen LogP contribution in [0, 0.1) is 0 Å². The van der Waals surface area contributed by atoms with Crippen LogP contribution in [-0.2, 0) is 24.3 Å². The van der Waals surface area contributed by atoms with Crippen molar-refractivity contribution in [2.45, 2.75) is 11.0 Å². The van der Waals surface area contributed by atoms with Crippen molar-refractivity contribution in [1.29, 1.82) is 0 Å². The van der Waals surface area contributed by atoms with Crippen LogP contribution in [0.5, 0.6) is 0 Å². The highest BCUT2D eigenvalue weighted by Crippen LogP contribution is 2.15. The van der Waals surface area contributed by atoms with Gasteiger partial charge in [0, 0.05) is 25.8 Å². The van der Waals surface area contributed by atoms with E-state index in [-0.39, 0.29) is 43.3 Å².